The maximum Gasteiger partial charge on any atom is 0.283 e. The van der Waals surface area contributed by atoms with Crippen LogP contribution in [0.15, 0.2) is 35.5 Å². The van der Waals surface area contributed by atoms with E-state index in [9.17, 15) is 4.79 Å². The summed E-state index contributed by atoms with van der Waals surface area (Å²) in [7, 11) is 0. The van der Waals surface area contributed by atoms with Crippen LogP contribution in [-0.2, 0) is 16.7 Å². The fourth-order valence-corrected chi connectivity index (χ4v) is 4.73. The van der Waals surface area contributed by atoms with Gasteiger partial charge in [-0.1, -0.05) is 53.9 Å². The van der Waals surface area contributed by atoms with Crippen molar-refractivity contribution in [2.24, 2.45) is 16.6 Å². The van der Waals surface area contributed by atoms with Gasteiger partial charge in [0.2, 0.25) is 0 Å². The van der Waals surface area contributed by atoms with Crippen LogP contribution in [-0.4, -0.2) is 22.9 Å². The lowest BCUT2D eigenvalue weighted by Crippen LogP contribution is -2.37. The molecule has 0 amide bonds. The summed E-state index contributed by atoms with van der Waals surface area (Å²) in [6, 6.07) is 7.26. The summed E-state index contributed by atoms with van der Waals surface area (Å²) in [5.41, 5.74) is 7.26. The number of aromatic nitrogens is 1. The fraction of sp³-hybridized carbons (Fsp3) is 0.350. The van der Waals surface area contributed by atoms with E-state index in [0.29, 0.717) is 10.0 Å². The molecule has 0 unspecified atom stereocenters. The van der Waals surface area contributed by atoms with Gasteiger partial charge in [-0.15, -0.1) is 0 Å². The molecule has 0 radical (unpaired) electrons. The molecule has 2 aromatic rings. The van der Waals surface area contributed by atoms with Crippen LogP contribution in [0.3, 0.4) is 0 Å². The van der Waals surface area contributed by atoms with Crippen molar-refractivity contribution in [2.75, 3.05) is 0 Å². The van der Waals surface area contributed by atoms with Gasteiger partial charge in [-0.05, 0) is 36.1 Å². The standard InChI is InChI=1S/C20H18Cl3N3O2/c1-2-20(13-8-17(13)28-19(24)26-20)12-5-10(3-4-14(12)22)6-16(27)18-15(23)7-11(21)9-25-18/h3-5,7,9,13,17H,2,6,8H2,1H3,(H2,24,26)/t13-,17+,20+/m0/s1. The molecule has 1 aromatic heterocycles. The largest absolute Gasteiger partial charge is 0.462 e. The topological polar surface area (TPSA) is 77.6 Å². The molecule has 4 rings (SSSR count). The number of ketones is 1. The van der Waals surface area contributed by atoms with Gasteiger partial charge in [0.05, 0.1) is 15.6 Å². The van der Waals surface area contributed by atoms with E-state index >= 15 is 0 Å². The predicted octanol–water partition coefficient (Wildman–Crippen LogP) is 4.81. The Morgan fingerprint density at radius 3 is 2.79 bits per heavy atom. The van der Waals surface area contributed by atoms with E-state index in [1.165, 1.54) is 12.3 Å². The van der Waals surface area contributed by atoms with Gasteiger partial charge in [-0.25, -0.2) is 9.98 Å². The summed E-state index contributed by atoms with van der Waals surface area (Å²) in [4.78, 5) is 21.4. The first-order valence-corrected chi connectivity index (χ1v) is 10.1. The molecule has 8 heteroatoms. The highest BCUT2D eigenvalue weighted by Crippen LogP contribution is 2.55. The zero-order valence-corrected chi connectivity index (χ0v) is 17.4. The van der Waals surface area contributed by atoms with Crippen LogP contribution >= 0.6 is 34.8 Å². The van der Waals surface area contributed by atoms with Crippen LogP contribution in [0, 0.1) is 5.92 Å². The average molecular weight is 439 g/mol. The maximum atomic E-state index is 12.7. The summed E-state index contributed by atoms with van der Waals surface area (Å²) in [6.45, 7) is 2.06. The van der Waals surface area contributed by atoms with Crippen LogP contribution in [0.4, 0.5) is 0 Å². The van der Waals surface area contributed by atoms with Crippen molar-refractivity contribution in [1.82, 2.24) is 4.98 Å². The van der Waals surface area contributed by atoms with Gasteiger partial charge in [0.25, 0.3) is 6.02 Å². The molecule has 2 N–H and O–H groups in total. The number of hydrogen-bond donors (Lipinski definition) is 1. The third-order valence-corrected chi connectivity index (χ3v) is 6.22. The third-order valence-electron chi connectivity index (χ3n) is 5.40. The van der Waals surface area contributed by atoms with E-state index in [1.54, 1.807) is 6.07 Å². The molecule has 2 heterocycles. The number of halogens is 3. The normalized spacial score (nSPS) is 25.5. The van der Waals surface area contributed by atoms with Crippen LogP contribution in [0.5, 0.6) is 0 Å². The molecule has 3 atom stereocenters. The lowest BCUT2D eigenvalue weighted by Gasteiger charge is -2.33. The molecule has 1 aromatic carbocycles. The monoisotopic (exact) mass is 437 g/mol. The van der Waals surface area contributed by atoms with Crippen molar-refractivity contribution in [3.63, 3.8) is 0 Å². The number of aliphatic imine (C=N–C) groups is 1. The summed E-state index contributed by atoms with van der Waals surface area (Å²) < 4.78 is 5.55. The Morgan fingerprint density at radius 2 is 2.07 bits per heavy atom. The Bertz CT molecular complexity index is 995. The number of fused-ring (bicyclic) bond motifs is 1. The molecule has 1 aliphatic heterocycles. The van der Waals surface area contributed by atoms with E-state index in [4.69, 9.17) is 45.3 Å². The summed E-state index contributed by atoms with van der Waals surface area (Å²) in [6.07, 6.45) is 3.26. The molecule has 5 nitrogen and oxygen atoms in total. The van der Waals surface area contributed by atoms with Gasteiger partial charge in [0.1, 0.15) is 11.8 Å². The number of Topliss-reactive ketones (excluding diaryl/α,β-unsaturated/α-hetero) is 1. The van der Waals surface area contributed by atoms with Gasteiger partial charge in [-0.2, -0.15) is 0 Å². The molecule has 1 fully saturated rings. The Kier molecular flexibility index (Phi) is 5.02. The highest BCUT2D eigenvalue weighted by molar-refractivity contribution is 6.36. The number of carbonyl (C=O) groups is 1. The molecule has 2 aliphatic rings. The van der Waals surface area contributed by atoms with Crippen LogP contribution in [0.25, 0.3) is 0 Å². The second-order valence-electron chi connectivity index (χ2n) is 7.12. The van der Waals surface area contributed by atoms with Gasteiger partial charge in [-0.3, -0.25) is 4.79 Å². The number of benzene rings is 1. The summed E-state index contributed by atoms with van der Waals surface area (Å²) in [5.74, 6) is 0.0420. The fourth-order valence-electron chi connectivity index (χ4n) is 3.96. The SMILES string of the molecule is CC[C@]1(c2cc(CC(=O)c3ncc(Cl)cc3Cl)ccc2Cl)N=C(N)O[C@@H]2C[C@@H]21. The van der Waals surface area contributed by atoms with Crippen molar-refractivity contribution >= 4 is 46.6 Å². The van der Waals surface area contributed by atoms with E-state index in [2.05, 4.69) is 16.9 Å². The lowest BCUT2D eigenvalue weighted by atomic mass is 9.81. The highest BCUT2D eigenvalue weighted by Gasteiger charge is 2.58. The van der Waals surface area contributed by atoms with Crippen LogP contribution in [0.2, 0.25) is 15.1 Å². The number of pyridine rings is 1. The molecule has 0 spiro atoms. The van der Waals surface area contributed by atoms with Crippen molar-refractivity contribution in [3.8, 4) is 0 Å². The first-order valence-electron chi connectivity index (χ1n) is 8.99. The Labute approximate surface area is 177 Å². The summed E-state index contributed by atoms with van der Waals surface area (Å²) in [5, 5.41) is 1.22. The number of rotatable bonds is 5. The number of carbonyl (C=O) groups excluding carboxylic acids is 1. The van der Waals surface area contributed by atoms with Gasteiger partial charge in [0, 0.05) is 23.6 Å². The lowest BCUT2D eigenvalue weighted by molar-refractivity contribution is 0.0988. The third kappa shape index (κ3) is 3.36. The molecule has 0 saturated heterocycles. The second kappa shape index (κ2) is 7.21. The first-order chi connectivity index (χ1) is 13.3. The van der Waals surface area contributed by atoms with Gasteiger partial charge < -0.3 is 10.5 Å². The van der Waals surface area contributed by atoms with E-state index in [1.807, 2.05) is 12.1 Å². The molecule has 1 saturated carbocycles. The zero-order chi connectivity index (χ0) is 20.1. The zero-order valence-electron chi connectivity index (χ0n) is 15.1. The Balaban J connectivity index is 1.68. The number of nitrogens with two attached hydrogens (primary N) is 1. The minimum Gasteiger partial charge on any atom is -0.462 e. The van der Waals surface area contributed by atoms with Crippen molar-refractivity contribution in [3.05, 3.63) is 62.4 Å². The average Bonchev–Trinajstić information content (AvgIpc) is 3.42. The second-order valence-corrected chi connectivity index (χ2v) is 8.38. The molecule has 0 bridgehead atoms. The number of ether oxygens (including phenoxy) is 1. The number of nitrogens with zero attached hydrogens (tertiary/aromatic N) is 2. The van der Waals surface area contributed by atoms with Crippen LogP contribution < -0.4 is 5.73 Å². The van der Waals surface area contributed by atoms with Crippen LogP contribution in [0.1, 0.15) is 41.4 Å². The minimum absolute atomic E-state index is 0.0795. The van der Waals surface area contributed by atoms with E-state index < -0.39 is 5.54 Å². The molecule has 28 heavy (non-hydrogen) atoms. The quantitative estimate of drug-likeness (QED) is 0.680. The van der Waals surface area contributed by atoms with Gasteiger partial charge >= 0.3 is 0 Å². The molecular weight excluding hydrogens is 421 g/mol. The number of hydrogen-bond acceptors (Lipinski definition) is 5. The summed E-state index contributed by atoms with van der Waals surface area (Å²) >= 11 is 18.5. The minimum atomic E-state index is -0.528. The highest BCUT2D eigenvalue weighted by atomic mass is 35.5. The van der Waals surface area contributed by atoms with Gasteiger partial charge in [0.15, 0.2) is 5.78 Å². The van der Waals surface area contributed by atoms with Crippen molar-refractivity contribution < 1.29 is 9.53 Å². The predicted molar refractivity (Wildman–Crippen MR) is 110 cm³/mol. The molecule has 1 aliphatic carbocycles. The first kappa shape index (κ1) is 19.5. The Morgan fingerprint density at radius 1 is 1.29 bits per heavy atom. The molecular formula is C20H18Cl3N3O2. The molecule has 146 valence electrons. The van der Waals surface area contributed by atoms with Crippen molar-refractivity contribution in [2.45, 2.75) is 37.8 Å². The number of amidine groups is 1. The van der Waals surface area contributed by atoms with E-state index in [-0.39, 0.29) is 41.0 Å². The Hall–Kier alpha value is -1.82. The smallest absolute Gasteiger partial charge is 0.283 e. The maximum absolute atomic E-state index is 12.7. The van der Waals surface area contributed by atoms with Crippen molar-refractivity contribution in [1.29, 1.82) is 0 Å². The van der Waals surface area contributed by atoms with E-state index in [0.717, 1.165) is 24.0 Å².